The van der Waals surface area contributed by atoms with Crippen molar-refractivity contribution in [2.24, 2.45) is 5.73 Å². The maximum atomic E-state index is 12.3. The first-order valence-electron chi connectivity index (χ1n) is 6.24. The Kier molecular flexibility index (Phi) is 4.11. The molecule has 1 aromatic heterocycles. The van der Waals surface area contributed by atoms with Gasteiger partial charge in [0.15, 0.2) is 0 Å². The Hall–Kier alpha value is -1.53. The molecule has 0 saturated carbocycles. The Morgan fingerprint density at radius 3 is 2.74 bits per heavy atom. The number of carbonyl (C=O) groups excluding carboxylic acids is 1. The van der Waals surface area contributed by atoms with Gasteiger partial charge >= 0.3 is 0 Å². The molecule has 2 N–H and O–H groups in total. The van der Waals surface area contributed by atoms with E-state index in [1.54, 1.807) is 18.3 Å². The molecule has 2 rings (SSSR count). The highest BCUT2D eigenvalue weighted by molar-refractivity contribution is 7.80. The monoisotopic (exact) mass is 278 g/mol. The minimum Gasteiger partial charge on any atom is -0.389 e. The summed E-state index contributed by atoms with van der Waals surface area (Å²) in [5, 5.41) is 0. The number of hydrogen-bond donors (Lipinski definition) is 1. The van der Waals surface area contributed by atoms with Gasteiger partial charge in [0.05, 0.1) is 0 Å². The van der Waals surface area contributed by atoms with Gasteiger partial charge in [-0.15, -0.1) is 0 Å². The van der Waals surface area contributed by atoms with Crippen LogP contribution in [0.4, 0.5) is 0 Å². The Morgan fingerprint density at radius 1 is 1.47 bits per heavy atom. The summed E-state index contributed by atoms with van der Waals surface area (Å²) in [6.07, 6.45) is 1.55. The number of nitrogens with zero attached hydrogens (tertiary/aromatic N) is 3. The van der Waals surface area contributed by atoms with Gasteiger partial charge in [-0.05, 0) is 26.1 Å². The van der Waals surface area contributed by atoms with E-state index in [-0.39, 0.29) is 5.91 Å². The number of carbonyl (C=O) groups is 1. The first-order valence-corrected chi connectivity index (χ1v) is 6.65. The molecule has 0 aliphatic carbocycles. The van der Waals surface area contributed by atoms with Gasteiger partial charge in [0, 0.05) is 37.4 Å². The lowest BCUT2D eigenvalue weighted by Gasteiger charge is -2.37. The topological polar surface area (TPSA) is 62.5 Å². The van der Waals surface area contributed by atoms with Crippen LogP contribution in [0, 0.1) is 0 Å². The van der Waals surface area contributed by atoms with Crippen LogP contribution in [0.5, 0.6) is 0 Å². The number of nitrogens with two attached hydrogens (primary N) is 1. The molecular weight excluding hydrogens is 260 g/mol. The van der Waals surface area contributed by atoms with Crippen LogP contribution >= 0.6 is 12.2 Å². The van der Waals surface area contributed by atoms with E-state index in [1.807, 2.05) is 4.90 Å². The summed E-state index contributed by atoms with van der Waals surface area (Å²) in [4.78, 5) is 20.8. The Labute approximate surface area is 118 Å². The van der Waals surface area contributed by atoms with Gasteiger partial charge in [0.25, 0.3) is 5.91 Å². The predicted molar refractivity (Wildman–Crippen MR) is 78.1 cm³/mol. The van der Waals surface area contributed by atoms with Crippen molar-refractivity contribution >= 4 is 23.1 Å². The van der Waals surface area contributed by atoms with Gasteiger partial charge in [0.2, 0.25) is 0 Å². The number of thiocarbonyl (C=S) groups is 1. The Bertz CT molecular complexity index is 488. The molecular formula is C13H18N4OS. The van der Waals surface area contributed by atoms with Crippen molar-refractivity contribution < 1.29 is 4.79 Å². The Morgan fingerprint density at radius 2 is 2.21 bits per heavy atom. The van der Waals surface area contributed by atoms with E-state index in [0.717, 1.165) is 19.6 Å². The van der Waals surface area contributed by atoms with Gasteiger partial charge in [-0.3, -0.25) is 9.78 Å². The van der Waals surface area contributed by atoms with E-state index < -0.39 is 0 Å². The number of rotatable bonds is 2. The fourth-order valence-electron chi connectivity index (χ4n) is 2.06. The summed E-state index contributed by atoms with van der Waals surface area (Å²) in [6, 6.07) is 3.79. The van der Waals surface area contributed by atoms with Crippen LogP contribution in [-0.2, 0) is 0 Å². The lowest BCUT2D eigenvalue weighted by molar-refractivity contribution is 0.0567. The van der Waals surface area contributed by atoms with E-state index in [0.29, 0.717) is 22.3 Å². The standard InChI is InChI=1S/C13H18N4OS/c1-9-8-17(6-5-16(9)2)13(18)11-4-3-10(7-15-11)12(14)19/h3-4,7,9H,5-6,8H2,1-2H3,(H2,14,19). The number of aromatic nitrogens is 1. The van der Waals surface area contributed by atoms with E-state index >= 15 is 0 Å². The molecule has 1 saturated heterocycles. The van der Waals surface area contributed by atoms with Crippen LogP contribution in [0.1, 0.15) is 23.0 Å². The molecule has 102 valence electrons. The molecule has 1 aliphatic rings. The summed E-state index contributed by atoms with van der Waals surface area (Å²) in [5.74, 6) is -0.0329. The lowest BCUT2D eigenvalue weighted by atomic mass is 10.2. The van der Waals surface area contributed by atoms with Gasteiger partial charge < -0.3 is 15.5 Å². The third-order valence-corrected chi connectivity index (χ3v) is 3.75. The van der Waals surface area contributed by atoms with E-state index in [1.165, 1.54) is 0 Å². The zero-order valence-corrected chi connectivity index (χ0v) is 12.0. The third-order valence-electron chi connectivity index (χ3n) is 3.51. The molecule has 0 radical (unpaired) electrons. The summed E-state index contributed by atoms with van der Waals surface area (Å²) in [5.41, 5.74) is 6.63. The van der Waals surface area contributed by atoms with E-state index in [2.05, 4.69) is 23.9 Å². The quantitative estimate of drug-likeness (QED) is 0.798. The molecule has 1 unspecified atom stereocenters. The second kappa shape index (κ2) is 5.63. The van der Waals surface area contributed by atoms with Gasteiger partial charge in [0.1, 0.15) is 10.7 Å². The normalized spacial score (nSPS) is 20.3. The van der Waals surface area contributed by atoms with Crippen LogP contribution in [0.3, 0.4) is 0 Å². The van der Waals surface area contributed by atoms with Crippen LogP contribution in [0.15, 0.2) is 18.3 Å². The SMILES string of the molecule is CC1CN(C(=O)c2ccc(C(N)=S)cn2)CCN1C. The number of amides is 1. The molecule has 1 atom stereocenters. The first-order chi connectivity index (χ1) is 8.99. The fourth-order valence-corrected chi connectivity index (χ4v) is 2.18. The van der Waals surface area contributed by atoms with Crippen LogP contribution in [0.2, 0.25) is 0 Å². The fraction of sp³-hybridized carbons (Fsp3) is 0.462. The Balaban J connectivity index is 2.09. The van der Waals surface area contributed by atoms with Crippen molar-refractivity contribution in [3.63, 3.8) is 0 Å². The first kappa shape index (κ1) is 13.9. The van der Waals surface area contributed by atoms with Crippen molar-refractivity contribution in [3.05, 3.63) is 29.6 Å². The third kappa shape index (κ3) is 3.08. The highest BCUT2D eigenvalue weighted by atomic mass is 32.1. The lowest BCUT2D eigenvalue weighted by Crippen LogP contribution is -2.52. The summed E-state index contributed by atoms with van der Waals surface area (Å²) in [7, 11) is 2.07. The number of pyridine rings is 1. The molecule has 0 bridgehead atoms. The van der Waals surface area contributed by atoms with Crippen molar-refractivity contribution in [1.82, 2.24) is 14.8 Å². The smallest absolute Gasteiger partial charge is 0.272 e. The predicted octanol–water partition coefficient (Wildman–Crippen LogP) is 0.492. The average molecular weight is 278 g/mol. The number of hydrogen-bond acceptors (Lipinski definition) is 4. The van der Waals surface area contributed by atoms with Crippen molar-refractivity contribution in [1.29, 1.82) is 0 Å². The van der Waals surface area contributed by atoms with Crippen LogP contribution in [0.25, 0.3) is 0 Å². The van der Waals surface area contributed by atoms with Gasteiger partial charge in [-0.2, -0.15) is 0 Å². The van der Waals surface area contributed by atoms with E-state index in [4.69, 9.17) is 18.0 Å². The summed E-state index contributed by atoms with van der Waals surface area (Å²) in [6.45, 7) is 4.47. The molecule has 5 nitrogen and oxygen atoms in total. The second-order valence-electron chi connectivity index (χ2n) is 4.88. The second-order valence-corrected chi connectivity index (χ2v) is 5.32. The minimum atomic E-state index is -0.0329. The molecule has 0 aromatic carbocycles. The molecule has 1 amide bonds. The molecule has 1 aliphatic heterocycles. The van der Waals surface area contributed by atoms with Crippen LogP contribution in [-0.4, -0.2) is 58.4 Å². The molecule has 1 aromatic rings. The molecule has 0 spiro atoms. The van der Waals surface area contributed by atoms with Crippen molar-refractivity contribution in [2.75, 3.05) is 26.7 Å². The van der Waals surface area contributed by atoms with Crippen LogP contribution < -0.4 is 5.73 Å². The zero-order chi connectivity index (χ0) is 14.0. The summed E-state index contributed by atoms with van der Waals surface area (Å²) < 4.78 is 0. The van der Waals surface area contributed by atoms with Crippen molar-refractivity contribution in [2.45, 2.75) is 13.0 Å². The highest BCUT2D eigenvalue weighted by Gasteiger charge is 2.25. The van der Waals surface area contributed by atoms with Gasteiger partial charge in [-0.1, -0.05) is 12.2 Å². The molecule has 2 heterocycles. The maximum Gasteiger partial charge on any atom is 0.272 e. The molecule has 1 fully saturated rings. The zero-order valence-electron chi connectivity index (χ0n) is 11.2. The summed E-state index contributed by atoms with van der Waals surface area (Å²) >= 11 is 4.86. The number of likely N-dealkylation sites (N-methyl/N-ethyl adjacent to an activating group) is 1. The van der Waals surface area contributed by atoms with E-state index in [9.17, 15) is 4.79 Å². The van der Waals surface area contributed by atoms with Gasteiger partial charge in [-0.25, -0.2) is 0 Å². The average Bonchev–Trinajstić information content (AvgIpc) is 2.41. The molecule has 6 heteroatoms. The number of piperazine rings is 1. The maximum absolute atomic E-state index is 12.3. The van der Waals surface area contributed by atoms with Crippen molar-refractivity contribution in [3.8, 4) is 0 Å². The highest BCUT2D eigenvalue weighted by Crippen LogP contribution is 2.11. The molecule has 19 heavy (non-hydrogen) atoms. The largest absolute Gasteiger partial charge is 0.389 e. The minimum absolute atomic E-state index is 0.0329.